The molecule has 0 aromatic heterocycles. The number of nitrogens with zero attached hydrogens (tertiary/aromatic N) is 1. The van der Waals surface area contributed by atoms with Crippen LogP contribution in [0, 0.1) is 0 Å². The Labute approximate surface area is 132 Å². The molecular weight excluding hydrogens is 360 g/mol. The van der Waals surface area contributed by atoms with Crippen molar-refractivity contribution in [3.8, 4) is 0 Å². The number of nitrogens with one attached hydrogen (secondary N) is 1. The van der Waals surface area contributed by atoms with Gasteiger partial charge in [0.2, 0.25) is 10.0 Å². The van der Waals surface area contributed by atoms with E-state index in [1.165, 1.54) is 10.4 Å². The molecule has 2 rings (SSSR count). The minimum Gasteiger partial charge on any atom is -0.465 e. The molecule has 0 amide bonds. The second-order valence-electron chi connectivity index (χ2n) is 4.52. The molecule has 1 N–H and O–H groups in total. The van der Waals surface area contributed by atoms with Crippen LogP contribution in [0.5, 0.6) is 0 Å². The lowest BCUT2D eigenvalue weighted by Crippen LogP contribution is -2.57. The topological polar surface area (TPSA) is 75.7 Å². The molecule has 116 valence electrons. The Bertz CT molecular complexity index is 620. The Morgan fingerprint density at radius 3 is 2.86 bits per heavy atom. The molecule has 21 heavy (non-hydrogen) atoms. The van der Waals surface area contributed by atoms with Crippen LogP contribution in [0.15, 0.2) is 33.6 Å². The number of hydrogen-bond donors (Lipinski definition) is 1. The quantitative estimate of drug-likeness (QED) is 0.792. The molecule has 8 heteroatoms. The van der Waals surface area contributed by atoms with Gasteiger partial charge in [-0.2, -0.15) is 4.31 Å². The van der Waals surface area contributed by atoms with Gasteiger partial charge in [-0.05, 0) is 35.0 Å². The van der Waals surface area contributed by atoms with Gasteiger partial charge < -0.3 is 10.1 Å². The first-order chi connectivity index (χ1) is 9.98. The van der Waals surface area contributed by atoms with Crippen molar-refractivity contribution < 1.29 is 17.9 Å². The van der Waals surface area contributed by atoms with Crippen molar-refractivity contribution in [2.24, 2.45) is 0 Å². The van der Waals surface area contributed by atoms with E-state index in [0.29, 0.717) is 11.0 Å². The summed E-state index contributed by atoms with van der Waals surface area (Å²) < 4.78 is 32.2. The monoisotopic (exact) mass is 376 g/mol. The Morgan fingerprint density at radius 1 is 1.48 bits per heavy atom. The van der Waals surface area contributed by atoms with E-state index in [9.17, 15) is 13.2 Å². The van der Waals surface area contributed by atoms with Crippen molar-refractivity contribution in [3.63, 3.8) is 0 Å². The first kappa shape index (κ1) is 16.4. The van der Waals surface area contributed by atoms with Crippen molar-refractivity contribution >= 4 is 31.9 Å². The van der Waals surface area contributed by atoms with Gasteiger partial charge in [-0.1, -0.05) is 12.1 Å². The fourth-order valence-corrected chi connectivity index (χ4v) is 4.74. The smallest absolute Gasteiger partial charge is 0.325 e. The average Bonchev–Trinajstić information content (AvgIpc) is 2.48. The van der Waals surface area contributed by atoms with Crippen molar-refractivity contribution in [3.05, 3.63) is 28.7 Å². The summed E-state index contributed by atoms with van der Waals surface area (Å²) in [6.07, 6.45) is 0. The summed E-state index contributed by atoms with van der Waals surface area (Å²) in [5.41, 5.74) is 0. The van der Waals surface area contributed by atoms with Gasteiger partial charge in [-0.3, -0.25) is 4.79 Å². The van der Waals surface area contributed by atoms with Crippen LogP contribution >= 0.6 is 15.9 Å². The summed E-state index contributed by atoms with van der Waals surface area (Å²) in [5.74, 6) is -0.527. The van der Waals surface area contributed by atoms with E-state index in [-0.39, 0.29) is 24.6 Å². The molecule has 1 fully saturated rings. The molecule has 6 nitrogen and oxygen atoms in total. The Hall–Kier alpha value is -0.960. The second-order valence-corrected chi connectivity index (χ2v) is 7.23. The maximum absolute atomic E-state index is 12.8. The molecule has 0 spiro atoms. The van der Waals surface area contributed by atoms with Gasteiger partial charge >= 0.3 is 5.97 Å². The molecular formula is C13H17BrN2O4S. The maximum atomic E-state index is 12.8. The van der Waals surface area contributed by atoms with E-state index in [0.717, 1.165) is 0 Å². The van der Waals surface area contributed by atoms with E-state index in [2.05, 4.69) is 21.2 Å². The fourth-order valence-electron chi connectivity index (χ4n) is 2.19. The molecule has 0 radical (unpaired) electrons. The van der Waals surface area contributed by atoms with Gasteiger partial charge in [0.15, 0.2) is 0 Å². The minimum absolute atomic E-state index is 0.154. The molecule has 0 bridgehead atoms. The minimum atomic E-state index is -3.76. The number of halogens is 1. The van der Waals surface area contributed by atoms with Crippen LogP contribution in [0.2, 0.25) is 0 Å². The highest BCUT2D eigenvalue weighted by Gasteiger charge is 2.39. The summed E-state index contributed by atoms with van der Waals surface area (Å²) in [6, 6.07) is 5.73. The summed E-state index contributed by atoms with van der Waals surface area (Å²) >= 11 is 3.25. The average molecular weight is 377 g/mol. The van der Waals surface area contributed by atoms with E-state index >= 15 is 0 Å². The van der Waals surface area contributed by atoms with Gasteiger partial charge in [0.05, 0.1) is 11.5 Å². The lowest BCUT2D eigenvalue weighted by atomic mass is 10.2. The van der Waals surface area contributed by atoms with Crippen LogP contribution < -0.4 is 5.32 Å². The Balaban J connectivity index is 2.36. The summed E-state index contributed by atoms with van der Waals surface area (Å²) in [6.45, 7) is 2.90. The first-order valence-corrected chi connectivity index (χ1v) is 8.85. The van der Waals surface area contributed by atoms with Crippen LogP contribution in [0.4, 0.5) is 0 Å². The van der Waals surface area contributed by atoms with Crippen molar-refractivity contribution in [2.75, 3.05) is 26.2 Å². The molecule has 1 aliphatic rings. The van der Waals surface area contributed by atoms with Gasteiger partial charge in [-0.25, -0.2) is 8.42 Å². The molecule has 1 atom stereocenters. The number of rotatable bonds is 4. The lowest BCUT2D eigenvalue weighted by molar-refractivity contribution is -0.148. The number of ether oxygens (including phenoxy) is 1. The predicted molar refractivity (Wildman–Crippen MR) is 81.3 cm³/mol. The molecule has 1 saturated heterocycles. The zero-order chi connectivity index (χ0) is 15.5. The highest BCUT2D eigenvalue weighted by atomic mass is 79.9. The molecule has 1 aliphatic heterocycles. The number of esters is 1. The van der Waals surface area contributed by atoms with Crippen LogP contribution in [0.3, 0.4) is 0 Å². The summed E-state index contributed by atoms with van der Waals surface area (Å²) in [5, 5.41) is 3.02. The number of carbonyl (C=O) groups is 1. The van der Waals surface area contributed by atoms with Gasteiger partial charge in [0, 0.05) is 24.1 Å². The third-order valence-corrected chi connectivity index (χ3v) is 6.10. The summed E-state index contributed by atoms with van der Waals surface area (Å²) in [4.78, 5) is 12.1. The Kier molecular flexibility index (Phi) is 5.37. The molecule has 1 aromatic rings. The number of piperazine rings is 1. The van der Waals surface area contributed by atoms with E-state index in [1.54, 1.807) is 25.1 Å². The molecule has 1 heterocycles. The van der Waals surface area contributed by atoms with E-state index < -0.39 is 22.0 Å². The van der Waals surface area contributed by atoms with Crippen LogP contribution in [-0.2, 0) is 19.6 Å². The zero-order valence-corrected chi connectivity index (χ0v) is 14.0. The fraction of sp³-hybridized carbons (Fsp3) is 0.462. The number of benzene rings is 1. The first-order valence-electron chi connectivity index (χ1n) is 6.62. The second kappa shape index (κ2) is 6.87. The normalized spacial score (nSPS) is 20.2. The van der Waals surface area contributed by atoms with E-state index in [1.807, 2.05) is 0 Å². The molecule has 1 aromatic carbocycles. The zero-order valence-electron chi connectivity index (χ0n) is 11.6. The van der Waals surface area contributed by atoms with Crippen LogP contribution in [0.1, 0.15) is 6.92 Å². The van der Waals surface area contributed by atoms with Gasteiger partial charge in [-0.15, -0.1) is 0 Å². The third-order valence-electron chi connectivity index (χ3n) is 3.18. The standard InChI is InChI=1S/C13H17BrN2O4S/c1-2-20-13(17)11-9-15-7-8-16(11)21(18,19)12-6-4-3-5-10(12)14/h3-6,11,15H,2,7-9H2,1H3. The maximum Gasteiger partial charge on any atom is 0.325 e. The highest BCUT2D eigenvalue weighted by molar-refractivity contribution is 9.10. The van der Waals surface area contributed by atoms with Gasteiger partial charge in [0.25, 0.3) is 0 Å². The lowest BCUT2D eigenvalue weighted by Gasteiger charge is -2.33. The summed E-state index contributed by atoms with van der Waals surface area (Å²) in [7, 11) is -3.76. The van der Waals surface area contributed by atoms with E-state index in [4.69, 9.17) is 4.74 Å². The molecule has 1 unspecified atom stereocenters. The van der Waals surface area contributed by atoms with Crippen LogP contribution in [-0.4, -0.2) is 51.0 Å². The van der Waals surface area contributed by atoms with Gasteiger partial charge in [0.1, 0.15) is 6.04 Å². The SMILES string of the molecule is CCOC(=O)C1CNCCN1S(=O)(=O)c1ccccc1Br. The van der Waals surface area contributed by atoms with Crippen molar-refractivity contribution in [2.45, 2.75) is 17.9 Å². The predicted octanol–water partition coefficient (Wildman–Crippen LogP) is 0.975. The molecule has 0 aliphatic carbocycles. The number of hydrogen-bond acceptors (Lipinski definition) is 5. The number of carbonyl (C=O) groups excluding carboxylic acids is 1. The van der Waals surface area contributed by atoms with Crippen molar-refractivity contribution in [1.82, 2.24) is 9.62 Å². The highest BCUT2D eigenvalue weighted by Crippen LogP contribution is 2.26. The molecule has 0 saturated carbocycles. The Morgan fingerprint density at radius 2 is 2.19 bits per heavy atom. The number of sulfonamides is 1. The van der Waals surface area contributed by atoms with Crippen LogP contribution in [0.25, 0.3) is 0 Å². The van der Waals surface area contributed by atoms with Crippen molar-refractivity contribution in [1.29, 1.82) is 0 Å². The largest absolute Gasteiger partial charge is 0.465 e. The third kappa shape index (κ3) is 3.45.